The number of fused-ring (bicyclic) bond motifs is 1. The first-order chi connectivity index (χ1) is 11.4. The van der Waals surface area contributed by atoms with Crippen LogP contribution in [0.3, 0.4) is 0 Å². The molecule has 0 bridgehead atoms. The summed E-state index contributed by atoms with van der Waals surface area (Å²) < 4.78 is 0. The number of aryl methyl sites for hydroxylation is 1. The molecule has 2 aromatic rings. The van der Waals surface area contributed by atoms with E-state index in [0.717, 1.165) is 13.1 Å². The average Bonchev–Trinajstić information content (AvgIpc) is 3.09. The zero-order chi connectivity index (χ0) is 15.5. The quantitative estimate of drug-likeness (QED) is 0.812. The van der Waals surface area contributed by atoms with E-state index in [-0.39, 0.29) is 0 Å². The largest absolute Gasteiger partial charge is 0.310 e. The Hall–Kier alpha value is -1.75. The molecule has 4 rings (SSSR count). The van der Waals surface area contributed by atoms with Crippen LogP contribution in [-0.4, -0.2) is 18.1 Å². The number of hydrogen-bond donors (Lipinski definition) is 3. The van der Waals surface area contributed by atoms with Crippen molar-refractivity contribution in [1.82, 2.24) is 21.2 Å². The van der Waals surface area contributed by atoms with Crippen molar-refractivity contribution < 1.29 is 0 Å². The predicted octanol–water partition coefficient (Wildman–Crippen LogP) is 2.51. The van der Waals surface area contributed by atoms with E-state index in [1.165, 1.54) is 36.0 Å². The fourth-order valence-corrected chi connectivity index (χ4v) is 3.90. The van der Waals surface area contributed by atoms with E-state index < -0.39 is 0 Å². The van der Waals surface area contributed by atoms with Crippen molar-refractivity contribution in [3.63, 3.8) is 0 Å². The summed E-state index contributed by atoms with van der Waals surface area (Å²) in [4.78, 5) is 4.26. The lowest BCUT2D eigenvalue weighted by Gasteiger charge is -2.28. The summed E-state index contributed by atoms with van der Waals surface area (Å²) in [5, 5.41) is 3.82. The van der Waals surface area contributed by atoms with Gasteiger partial charge in [0.2, 0.25) is 0 Å². The molecule has 3 N–H and O–H groups in total. The first-order valence-electron chi connectivity index (χ1n) is 8.61. The third kappa shape index (κ3) is 3.15. The Labute approximate surface area is 137 Å². The molecule has 1 aromatic heterocycles. The summed E-state index contributed by atoms with van der Waals surface area (Å²) in [7, 11) is 0. The molecular formula is C19H24N4. The van der Waals surface area contributed by atoms with Crippen LogP contribution >= 0.6 is 0 Å². The SMILES string of the molecule is c1cncc(C2NNCC2CNC2CCCc3ccccc32)c1. The van der Waals surface area contributed by atoms with E-state index in [2.05, 4.69) is 51.5 Å². The van der Waals surface area contributed by atoms with Crippen LogP contribution < -0.4 is 16.2 Å². The zero-order valence-electron chi connectivity index (χ0n) is 13.3. The molecule has 120 valence electrons. The Morgan fingerprint density at radius 1 is 1.17 bits per heavy atom. The summed E-state index contributed by atoms with van der Waals surface area (Å²) in [5.74, 6) is 0.535. The van der Waals surface area contributed by atoms with Gasteiger partial charge in [0.25, 0.3) is 0 Å². The lowest BCUT2D eigenvalue weighted by Crippen LogP contribution is -2.33. The highest BCUT2D eigenvalue weighted by atomic mass is 15.4. The minimum atomic E-state index is 0.329. The molecule has 1 saturated heterocycles. The van der Waals surface area contributed by atoms with Crippen molar-refractivity contribution in [3.8, 4) is 0 Å². The van der Waals surface area contributed by atoms with Crippen LogP contribution in [0.15, 0.2) is 48.8 Å². The number of nitrogens with zero attached hydrogens (tertiary/aromatic N) is 1. The number of rotatable bonds is 4. The van der Waals surface area contributed by atoms with Gasteiger partial charge < -0.3 is 5.32 Å². The van der Waals surface area contributed by atoms with Crippen LogP contribution in [0.2, 0.25) is 0 Å². The maximum Gasteiger partial charge on any atom is 0.0530 e. The van der Waals surface area contributed by atoms with Crippen LogP contribution in [0, 0.1) is 5.92 Å². The van der Waals surface area contributed by atoms with E-state index in [1.54, 1.807) is 0 Å². The maximum atomic E-state index is 4.26. The summed E-state index contributed by atoms with van der Waals surface area (Å²) in [5.41, 5.74) is 11.0. The molecule has 0 saturated carbocycles. The van der Waals surface area contributed by atoms with E-state index in [9.17, 15) is 0 Å². The molecule has 1 aliphatic carbocycles. The van der Waals surface area contributed by atoms with Crippen LogP contribution in [0.1, 0.15) is 41.6 Å². The highest BCUT2D eigenvalue weighted by molar-refractivity contribution is 5.32. The number of benzene rings is 1. The van der Waals surface area contributed by atoms with E-state index >= 15 is 0 Å². The van der Waals surface area contributed by atoms with Crippen molar-refractivity contribution in [2.75, 3.05) is 13.1 Å². The Morgan fingerprint density at radius 3 is 3.04 bits per heavy atom. The molecule has 1 aromatic carbocycles. The van der Waals surface area contributed by atoms with Crippen molar-refractivity contribution in [3.05, 3.63) is 65.5 Å². The fourth-order valence-electron chi connectivity index (χ4n) is 3.90. The van der Waals surface area contributed by atoms with Gasteiger partial charge in [-0.2, -0.15) is 0 Å². The normalized spacial score (nSPS) is 26.9. The first-order valence-corrected chi connectivity index (χ1v) is 8.61. The van der Waals surface area contributed by atoms with Gasteiger partial charge in [0, 0.05) is 37.4 Å². The van der Waals surface area contributed by atoms with Gasteiger partial charge in [0.05, 0.1) is 6.04 Å². The van der Waals surface area contributed by atoms with Gasteiger partial charge in [-0.05, 0) is 42.0 Å². The number of aromatic nitrogens is 1. The molecule has 2 heterocycles. The molecule has 0 amide bonds. The molecule has 2 aliphatic rings. The molecule has 3 unspecified atom stereocenters. The van der Waals surface area contributed by atoms with E-state index in [0.29, 0.717) is 18.0 Å². The van der Waals surface area contributed by atoms with Crippen LogP contribution in [0.4, 0.5) is 0 Å². The molecule has 0 radical (unpaired) electrons. The second-order valence-corrected chi connectivity index (χ2v) is 6.60. The van der Waals surface area contributed by atoms with Gasteiger partial charge in [-0.3, -0.25) is 10.4 Å². The fraction of sp³-hybridized carbons (Fsp3) is 0.421. The summed E-state index contributed by atoms with van der Waals surface area (Å²) in [6.07, 6.45) is 7.54. The topological polar surface area (TPSA) is 49.0 Å². The summed E-state index contributed by atoms with van der Waals surface area (Å²) in [6.45, 7) is 2.00. The van der Waals surface area contributed by atoms with Crippen molar-refractivity contribution in [2.24, 2.45) is 5.92 Å². The Kier molecular flexibility index (Phi) is 4.37. The highest BCUT2D eigenvalue weighted by Crippen LogP contribution is 2.30. The van der Waals surface area contributed by atoms with Gasteiger partial charge in [-0.25, -0.2) is 5.43 Å². The van der Waals surface area contributed by atoms with Gasteiger partial charge in [0.15, 0.2) is 0 Å². The monoisotopic (exact) mass is 308 g/mol. The predicted molar refractivity (Wildman–Crippen MR) is 91.7 cm³/mol. The molecule has 1 aliphatic heterocycles. The molecule has 4 nitrogen and oxygen atoms in total. The molecule has 3 atom stereocenters. The van der Waals surface area contributed by atoms with Crippen molar-refractivity contribution in [1.29, 1.82) is 0 Å². The molecular weight excluding hydrogens is 284 g/mol. The smallest absolute Gasteiger partial charge is 0.0530 e. The van der Waals surface area contributed by atoms with Crippen LogP contribution in [0.5, 0.6) is 0 Å². The Morgan fingerprint density at radius 2 is 2.13 bits per heavy atom. The minimum absolute atomic E-state index is 0.329. The molecule has 4 heteroatoms. The average molecular weight is 308 g/mol. The summed E-state index contributed by atoms with van der Waals surface area (Å²) in [6, 6.07) is 13.9. The number of nitrogens with one attached hydrogen (secondary N) is 3. The molecule has 1 fully saturated rings. The van der Waals surface area contributed by atoms with Gasteiger partial charge in [-0.1, -0.05) is 30.3 Å². The second-order valence-electron chi connectivity index (χ2n) is 6.60. The lowest BCUT2D eigenvalue weighted by atomic mass is 9.87. The Balaban J connectivity index is 1.43. The summed E-state index contributed by atoms with van der Waals surface area (Å²) >= 11 is 0. The molecule has 0 spiro atoms. The first kappa shape index (κ1) is 14.8. The van der Waals surface area contributed by atoms with Crippen molar-refractivity contribution in [2.45, 2.75) is 31.3 Å². The Bertz CT molecular complexity index is 643. The van der Waals surface area contributed by atoms with Crippen molar-refractivity contribution >= 4 is 0 Å². The third-order valence-corrected chi connectivity index (χ3v) is 5.13. The van der Waals surface area contributed by atoms with Crippen LogP contribution in [0.25, 0.3) is 0 Å². The lowest BCUT2D eigenvalue weighted by molar-refractivity contribution is 0.385. The van der Waals surface area contributed by atoms with E-state index in [1.807, 2.05) is 18.5 Å². The van der Waals surface area contributed by atoms with Gasteiger partial charge >= 0.3 is 0 Å². The highest BCUT2D eigenvalue weighted by Gasteiger charge is 2.29. The second kappa shape index (κ2) is 6.79. The van der Waals surface area contributed by atoms with Gasteiger partial charge in [0.1, 0.15) is 0 Å². The molecule has 23 heavy (non-hydrogen) atoms. The zero-order valence-corrected chi connectivity index (χ0v) is 13.3. The number of hydrazine groups is 1. The number of pyridine rings is 1. The third-order valence-electron chi connectivity index (χ3n) is 5.13. The minimum Gasteiger partial charge on any atom is -0.310 e. The van der Waals surface area contributed by atoms with E-state index in [4.69, 9.17) is 0 Å². The maximum absolute atomic E-state index is 4.26. The van der Waals surface area contributed by atoms with Crippen LogP contribution in [-0.2, 0) is 6.42 Å². The standard InChI is InChI=1S/C19H24N4/c1-2-8-17-14(5-1)6-3-9-18(17)21-12-16-13-22-23-19(16)15-7-4-10-20-11-15/h1-2,4-5,7-8,10-11,16,18-19,21-23H,3,6,9,12-13H2. The van der Waals surface area contributed by atoms with Gasteiger partial charge in [-0.15, -0.1) is 0 Å². The number of hydrogen-bond acceptors (Lipinski definition) is 4.